The minimum absolute atomic E-state index is 0.0442. The highest BCUT2D eigenvalue weighted by molar-refractivity contribution is 5.98. The first-order valence-electron chi connectivity index (χ1n) is 8.64. The van der Waals surface area contributed by atoms with Crippen LogP contribution < -0.4 is 5.32 Å². The number of nitrogens with one attached hydrogen (secondary N) is 1. The van der Waals surface area contributed by atoms with Crippen LogP contribution in [-0.4, -0.2) is 34.8 Å². The van der Waals surface area contributed by atoms with E-state index in [2.05, 4.69) is 19.2 Å². The van der Waals surface area contributed by atoms with Crippen LogP contribution in [0.15, 0.2) is 0 Å². The molecule has 1 N–H and O–H groups in total. The molecule has 0 bridgehead atoms. The Labute approximate surface area is 127 Å². The third-order valence-corrected chi connectivity index (χ3v) is 6.08. The summed E-state index contributed by atoms with van der Waals surface area (Å²) >= 11 is 0. The molecule has 3 rings (SSSR count). The van der Waals surface area contributed by atoms with E-state index >= 15 is 0 Å². The van der Waals surface area contributed by atoms with Gasteiger partial charge in [-0.3, -0.25) is 9.59 Å². The van der Waals surface area contributed by atoms with Gasteiger partial charge in [0.05, 0.1) is 6.54 Å². The molecule has 118 valence electrons. The fourth-order valence-electron chi connectivity index (χ4n) is 4.45. The molecule has 1 spiro atoms. The SMILES string of the molecule is CC1CCC(N2CC(=O)NC3(CCCCC3)C2=O)CC1C. The fraction of sp³-hybridized carbons (Fsp3) is 0.882. The van der Waals surface area contributed by atoms with Gasteiger partial charge in [0, 0.05) is 6.04 Å². The van der Waals surface area contributed by atoms with Crippen molar-refractivity contribution in [2.75, 3.05) is 6.54 Å². The number of rotatable bonds is 1. The van der Waals surface area contributed by atoms with E-state index in [0.717, 1.165) is 44.4 Å². The highest BCUT2D eigenvalue weighted by Gasteiger charge is 2.49. The van der Waals surface area contributed by atoms with Crippen molar-refractivity contribution >= 4 is 11.8 Å². The number of piperazine rings is 1. The van der Waals surface area contributed by atoms with Gasteiger partial charge in [-0.25, -0.2) is 0 Å². The highest BCUT2D eigenvalue weighted by atomic mass is 16.2. The van der Waals surface area contributed by atoms with Gasteiger partial charge in [0.25, 0.3) is 0 Å². The van der Waals surface area contributed by atoms with Gasteiger partial charge >= 0.3 is 0 Å². The first kappa shape index (κ1) is 14.9. The van der Waals surface area contributed by atoms with Gasteiger partial charge in [-0.2, -0.15) is 0 Å². The predicted octanol–water partition coefficient (Wildman–Crippen LogP) is 2.47. The van der Waals surface area contributed by atoms with Gasteiger partial charge in [-0.15, -0.1) is 0 Å². The monoisotopic (exact) mass is 292 g/mol. The van der Waals surface area contributed by atoms with Crippen molar-refractivity contribution in [2.24, 2.45) is 11.8 Å². The summed E-state index contributed by atoms with van der Waals surface area (Å²) in [5, 5.41) is 3.04. The molecule has 0 aromatic rings. The van der Waals surface area contributed by atoms with Gasteiger partial charge in [-0.05, 0) is 43.9 Å². The second kappa shape index (κ2) is 5.62. The summed E-state index contributed by atoms with van der Waals surface area (Å²) in [6, 6.07) is 0.272. The number of hydrogen-bond acceptors (Lipinski definition) is 2. The number of nitrogens with zero attached hydrogens (tertiary/aromatic N) is 1. The van der Waals surface area contributed by atoms with E-state index in [1.165, 1.54) is 12.8 Å². The van der Waals surface area contributed by atoms with Crippen LogP contribution in [0.3, 0.4) is 0 Å². The van der Waals surface area contributed by atoms with Crippen LogP contribution in [0.25, 0.3) is 0 Å². The number of carbonyl (C=O) groups is 2. The largest absolute Gasteiger partial charge is 0.340 e. The average Bonchev–Trinajstić information content (AvgIpc) is 2.47. The maximum absolute atomic E-state index is 13.0. The number of carbonyl (C=O) groups excluding carboxylic acids is 2. The third kappa shape index (κ3) is 2.69. The summed E-state index contributed by atoms with van der Waals surface area (Å²) in [6.07, 6.45) is 8.22. The summed E-state index contributed by atoms with van der Waals surface area (Å²) in [5.41, 5.74) is -0.570. The molecule has 0 aromatic heterocycles. The van der Waals surface area contributed by atoms with E-state index < -0.39 is 5.54 Å². The zero-order valence-corrected chi connectivity index (χ0v) is 13.4. The minimum atomic E-state index is -0.570. The van der Waals surface area contributed by atoms with Gasteiger partial charge in [-0.1, -0.05) is 33.1 Å². The molecule has 3 atom stereocenters. The number of amides is 2. The van der Waals surface area contributed by atoms with Crippen molar-refractivity contribution in [3.8, 4) is 0 Å². The second-order valence-electron chi connectivity index (χ2n) is 7.55. The molecule has 2 amide bonds. The van der Waals surface area contributed by atoms with E-state index in [4.69, 9.17) is 0 Å². The lowest BCUT2D eigenvalue weighted by atomic mass is 9.76. The van der Waals surface area contributed by atoms with Crippen LogP contribution in [0.5, 0.6) is 0 Å². The molecule has 1 heterocycles. The zero-order chi connectivity index (χ0) is 15.0. The van der Waals surface area contributed by atoms with Crippen molar-refractivity contribution < 1.29 is 9.59 Å². The fourth-order valence-corrected chi connectivity index (χ4v) is 4.45. The van der Waals surface area contributed by atoms with E-state index in [0.29, 0.717) is 5.92 Å². The Hall–Kier alpha value is -1.06. The Morgan fingerprint density at radius 1 is 1.05 bits per heavy atom. The Morgan fingerprint density at radius 3 is 2.43 bits per heavy atom. The summed E-state index contributed by atoms with van der Waals surface area (Å²) in [4.78, 5) is 27.1. The Balaban J connectivity index is 1.78. The molecule has 4 heteroatoms. The molecule has 1 aliphatic heterocycles. The lowest BCUT2D eigenvalue weighted by Gasteiger charge is -2.48. The molecule has 3 fully saturated rings. The quantitative estimate of drug-likeness (QED) is 0.807. The Morgan fingerprint density at radius 2 is 1.76 bits per heavy atom. The molecule has 2 saturated carbocycles. The lowest BCUT2D eigenvalue weighted by Crippen LogP contribution is -2.69. The van der Waals surface area contributed by atoms with Gasteiger partial charge in [0.15, 0.2) is 0 Å². The lowest BCUT2D eigenvalue weighted by molar-refractivity contribution is -0.155. The highest BCUT2D eigenvalue weighted by Crippen LogP contribution is 2.37. The minimum Gasteiger partial charge on any atom is -0.340 e. The summed E-state index contributed by atoms with van der Waals surface area (Å²) in [7, 11) is 0. The van der Waals surface area contributed by atoms with Gasteiger partial charge in [0.2, 0.25) is 11.8 Å². The molecule has 21 heavy (non-hydrogen) atoms. The van der Waals surface area contributed by atoms with E-state index in [-0.39, 0.29) is 24.4 Å². The summed E-state index contributed by atoms with van der Waals surface area (Å²) < 4.78 is 0. The van der Waals surface area contributed by atoms with Crippen LogP contribution in [0.1, 0.15) is 65.2 Å². The molecule has 3 unspecified atom stereocenters. The normalized spacial score (nSPS) is 36.7. The van der Waals surface area contributed by atoms with Crippen LogP contribution >= 0.6 is 0 Å². The van der Waals surface area contributed by atoms with Crippen LogP contribution in [0, 0.1) is 11.8 Å². The second-order valence-corrected chi connectivity index (χ2v) is 7.55. The smallest absolute Gasteiger partial charge is 0.249 e. The first-order valence-corrected chi connectivity index (χ1v) is 8.64. The molecule has 0 aromatic carbocycles. The van der Waals surface area contributed by atoms with Gasteiger partial charge in [0.1, 0.15) is 5.54 Å². The topological polar surface area (TPSA) is 49.4 Å². The van der Waals surface area contributed by atoms with Gasteiger partial charge < -0.3 is 10.2 Å². The van der Waals surface area contributed by atoms with Crippen molar-refractivity contribution in [3.63, 3.8) is 0 Å². The van der Waals surface area contributed by atoms with Crippen molar-refractivity contribution in [3.05, 3.63) is 0 Å². The predicted molar refractivity (Wildman–Crippen MR) is 81.6 cm³/mol. The van der Waals surface area contributed by atoms with Crippen molar-refractivity contribution in [2.45, 2.75) is 76.8 Å². The van der Waals surface area contributed by atoms with E-state index in [1.807, 2.05) is 4.90 Å². The van der Waals surface area contributed by atoms with E-state index in [9.17, 15) is 9.59 Å². The maximum Gasteiger partial charge on any atom is 0.249 e. The maximum atomic E-state index is 13.0. The van der Waals surface area contributed by atoms with Crippen molar-refractivity contribution in [1.82, 2.24) is 10.2 Å². The molecule has 2 aliphatic carbocycles. The summed E-state index contributed by atoms with van der Waals surface area (Å²) in [5.74, 6) is 1.62. The standard InChI is InChI=1S/C17H28N2O2/c1-12-6-7-14(10-13(12)2)19-11-15(20)18-17(16(19)21)8-4-3-5-9-17/h12-14H,3-11H2,1-2H3,(H,18,20). The molecular weight excluding hydrogens is 264 g/mol. The Kier molecular flexibility index (Phi) is 3.98. The number of hydrogen-bond donors (Lipinski definition) is 1. The molecular formula is C17H28N2O2. The van der Waals surface area contributed by atoms with Crippen LogP contribution in [0.4, 0.5) is 0 Å². The molecule has 1 saturated heterocycles. The molecule has 3 aliphatic rings. The average molecular weight is 292 g/mol. The zero-order valence-electron chi connectivity index (χ0n) is 13.4. The summed E-state index contributed by atoms with van der Waals surface area (Å²) in [6.45, 7) is 4.85. The molecule has 4 nitrogen and oxygen atoms in total. The third-order valence-electron chi connectivity index (χ3n) is 6.08. The Bertz CT molecular complexity index is 429. The van der Waals surface area contributed by atoms with Crippen molar-refractivity contribution in [1.29, 1.82) is 0 Å². The van der Waals surface area contributed by atoms with E-state index in [1.54, 1.807) is 0 Å². The van der Waals surface area contributed by atoms with Crippen LogP contribution in [0.2, 0.25) is 0 Å². The first-order chi connectivity index (χ1) is 10.0. The van der Waals surface area contributed by atoms with Crippen LogP contribution in [-0.2, 0) is 9.59 Å². The molecule has 0 radical (unpaired) electrons.